The molecule has 1 heterocycles. The molecule has 1 N–H and O–H groups in total. The summed E-state index contributed by atoms with van der Waals surface area (Å²) in [6.45, 7) is 1.07. The first-order valence-electron chi connectivity index (χ1n) is 8.06. The van der Waals surface area contributed by atoms with Gasteiger partial charge in [0, 0.05) is 38.5 Å². The van der Waals surface area contributed by atoms with Crippen molar-refractivity contribution in [2.75, 3.05) is 32.1 Å². The normalized spacial score (nSPS) is 19.6. The maximum Gasteiger partial charge on any atom is 0.269 e. The van der Waals surface area contributed by atoms with Crippen molar-refractivity contribution >= 4 is 11.4 Å². The molecule has 0 aliphatic carbocycles. The summed E-state index contributed by atoms with van der Waals surface area (Å²) in [7, 11) is 4.01. The van der Waals surface area contributed by atoms with Gasteiger partial charge < -0.3 is 14.4 Å². The second kappa shape index (κ2) is 7.50. The molecule has 0 spiro atoms. The van der Waals surface area contributed by atoms with E-state index in [4.69, 9.17) is 9.47 Å². The number of nitrogens with one attached hydrogen (secondary N) is 1. The second-order valence-corrected chi connectivity index (χ2v) is 6.09. The fraction of sp³-hybridized carbons (Fsp3) is 0.333. The molecule has 0 aromatic heterocycles. The van der Waals surface area contributed by atoms with Gasteiger partial charge in [0.2, 0.25) is 0 Å². The molecule has 1 aliphatic rings. The highest BCUT2D eigenvalue weighted by molar-refractivity contribution is 5.46. The van der Waals surface area contributed by atoms with Gasteiger partial charge in [0.15, 0.2) is 0 Å². The molecule has 2 unspecified atom stereocenters. The highest BCUT2D eigenvalue weighted by atomic mass is 16.6. The Morgan fingerprint density at radius 1 is 1.20 bits per heavy atom. The van der Waals surface area contributed by atoms with Crippen molar-refractivity contribution in [3.8, 4) is 5.75 Å². The van der Waals surface area contributed by atoms with Gasteiger partial charge in [-0.25, -0.2) is 0 Å². The molecule has 7 heteroatoms. The number of anilines is 1. The predicted molar refractivity (Wildman–Crippen MR) is 95.0 cm³/mol. The molecule has 2 atom stereocenters. The first-order chi connectivity index (χ1) is 12.0. The summed E-state index contributed by atoms with van der Waals surface area (Å²) in [5.41, 5.74) is 2.26. The van der Waals surface area contributed by atoms with Gasteiger partial charge in [-0.05, 0) is 29.8 Å². The molecule has 2 aromatic carbocycles. The van der Waals surface area contributed by atoms with Gasteiger partial charge in [-0.1, -0.05) is 12.1 Å². The molecule has 7 nitrogen and oxygen atoms in total. The van der Waals surface area contributed by atoms with Crippen LogP contribution in [0.4, 0.5) is 11.4 Å². The van der Waals surface area contributed by atoms with Gasteiger partial charge in [0.05, 0.1) is 4.92 Å². The van der Waals surface area contributed by atoms with Crippen molar-refractivity contribution < 1.29 is 14.4 Å². The van der Waals surface area contributed by atoms with Crippen LogP contribution in [0.15, 0.2) is 48.5 Å². The van der Waals surface area contributed by atoms with Crippen molar-refractivity contribution in [1.82, 2.24) is 5.32 Å². The monoisotopic (exact) mass is 343 g/mol. The number of hydrogen-bond acceptors (Lipinski definition) is 6. The van der Waals surface area contributed by atoms with Gasteiger partial charge in [0.1, 0.15) is 24.7 Å². The lowest BCUT2D eigenvalue weighted by atomic mass is 10.2. The fourth-order valence-electron chi connectivity index (χ4n) is 2.62. The molecule has 1 fully saturated rings. The van der Waals surface area contributed by atoms with E-state index in [0.717, 1.165) is 11.3 Å². The topological polar surface area (TPSA) is 76.9 Å². The molecular formula is C18H21N3O4. The van der Waals surface area contributed by atoms with Gasteiger partial charge in [-0.2, -0.15) is 0 Å². The lowest BCUT2D eigenvalue weighted by molar-refractivity contribution is -0.384. The molecule has 0 radical (unpaired) electrons. The van der Waals surface area contributed by atoms with E-state index in [-0.39, 0.29) is 18.0 Å². The minimum Gasteiger partial charge on any atom is -0.491 e. The van der Waals surface area contributed by atoms with E-state index in [1.54, 1.807) is 12.1 Å². The first kappa shape index (κ1) is 17.2. The third-order valence-corrected chi connectivity index (χ3v) is 4.06. The summed E-state index contributed by atoms with van der Waals surface area (Å²) in [5, 5.41) is 14.0. The maximum absolute atomic E-state index is 10.6. The molecule has 2 aromatic rings. The van der Waals surface area contributed by atoms with E-state index < -0.39 is 4.92 Å². The van der Waals surface area contributed by atoms with Crippen LogP contribution in [-0.2, 0) is 4.74 Å². The number of nitrogens with zero attached hydrogens (tertiary/aromatic N) is 2. The van der Waals surface area contributed by atoms with E-state index in [1.807, 2.05) is 31.1 Å². The van der Waals surface area contributed by atoms with E-state index in [1.165, 1.54) is 12.1 Å². The smallest absolute Gasteiger partial charge is 0.269 e. The number of non-ortho nitro benzene ring substituents is 1. The van der Waals surface area contributed by atoms with Crippen molar-refractivity contribution in [2.24, 2.45) is 0 Å². The Morgan fingerprint density at radius 2 is 1.88 bits per heavy atom. The summed E-state index contributed by atoms with van der Waals surface area (Å²) in [5.74, 6) is 0.591. The van der Waals surface area contributed by atoms with Crippen LogP contribution < -0.4 is 15.0 Å². The van der Waals surface area contributed by atoms with Crippen LogP contribution in [0.5, 0.6) is 5.75 Å². The molecule has 25 heavy (non-hydrogen) atoms. The zero-order valence-corrected chi connectivity index (χ0v) is 14.2. The van der Waals surface area contributed by atoms with E-state index >= 15 is 0 Å². The first-order valence-corrected chi connectivity index (χ1v) is 8.06. The number of nitro benzene ring substituents is 1. The van der Waals surface area contributed by atoms with Crippen molar-refractivity contribution in [1.29, 1.82) is 0 Å². The quantitative estimate of drug-likeness (QED) is 0.642. The molecule has 132 valence electrons. The molecule has 0 bridgehead atoms. The zero-order valence-electron chi connectivity index (χ0n) is 14.2. The summed E-state index contributed by atoms with van der Waals surface area (Å²) < 4.78 is 11.6. The average molecular weight is 343 g/mol. The minimum absolute atomic E-state index is 0.0485. The average Bonchev–Trinajstić information content (AvgIpc) is 3.09. The maximum atomic E-state index is 10.6. The van der Waals surface area contributed by atoms with E-state index in [2.05, 4.69) is 17.4 Å². The Morgan fingerprint density at radius 3 is 2.48 bits per heavy atom. The lowest BCUT2D eigenvalue weighted by Gasteiger charge is -2.16. The van der Waals surface area contributed by atoms with Crippen molar-refractivity contribution in [3.05, 3.63) is 64.2 Å². The Balaban J connectivity index is 1.51. The van der Waals surface area contributed by atoms with Crippen LogP contribution in [0.3, 0.4) is 0 Å². The van der Waals surface area contributed by atoms with Crippen LogP contribution in [0.1, 0.15) is 11.8 Å². The van der Waals surface area contributed by atoms with Crippen molar-refractivity contribution in [2.45, 2.75) is 12.3 Å². The summed E-state index contributed by atoms with van der Waals surface area (Å²) in [6, 6.07) is 14.3. The molecule has 1 aliphatic heterocycles. The third-order valence-electron chi connectivity index (χ3n) is 4.06. The SMILES string of the molecule is CN(C)c1ccc(C2NCC(COc3ccc([N+](=O)[O-])cc3)O2)cc1. The molecular weight excluding hydrogens is 322 g/mol. The Hall–Kier alpha value is -2.64. The van der Waals surface area contributed by atoms with Gasteiger partial charge >= 0.3 is 0 Å². The van der Waals surface area contributed by atoms with E-state index in [9.17, 15) is 10.1 Å². The molecule has 3 rings (SSSR count). The van der Waals surface area contributed by atoms with Crippen LogP contribution in [-0.4, -0.2) is 38.3 Å². The van der Waals surface area contributed by atoms with Crippen LogP contribution in [0.25, 0.3) is 0 Å². The Labute approximate surface area is 146 Å². The Kier molecular flexibility index (Phi) is 5.16. The lowest BCUT2D eigenvalue weighted by Crippen LogP contribution is -2.21. The van der Waals surface area contributed by atoms with Gasteiger partial charge in [0.25, 0.3) is 5.69 Å². The summed E-state index contributed by atoms with van der Waals surface area (Å²) in [6.07, 6.45) is -0.226. The van der Waals surface area contributed by atoms with E-state index in [0.29, 0.717) is 18.9 Å². The van der Waals surface area contributed by atoms with Crippen LogP contribution >= 0.6 is 0 Å². The standard InChI is InChI=1S/C18H21N3O4/c1-20(2)14-5-3-13(4-6-14)18-19-11-17(25-18)12-24-16-9-7-15(8-10-16)21(22)23/h3-10,17-19H,11-12H2,1-2H3. The number of benzene rings is 2. The molecule has 0 amide bonds. The van der Waals surface area contributed by atoms with Crippen LogP contribution in [0.2, 0.25) is 0 Å². The van der Waals surface area contributed by atoms with Gasteiger partial charge in [-0.3, -0.25) is 15.4 Å². The zero-order chi connectivity index (χ0) is 17.8. The highest BCUT2D eigenvalue weighted by Gasteiger charge is 2.26. The van der Waals surface area contributed by atoms with Gasteiger partial charge in [-0.15, -0.1) is 0 Å². The van der Waals surface area contributed by atoms with Crippen molar-refractivity contribution in [3.63, 3.8) is 0 Å². The fourth-order valence-corrected chi connectivity index (χ4v) is 2.62. The number of rotatable bonds is 6. The number of ether oxygens (including phenoxy) is 2. The minimum atomic E-state index is -0.431. The summed E-state index contributed by atoms with van der Waals surface area (Å²) in [4.78, 5) is 12.3. The highest BCUT2D eigenvalue weighted by Crippen LogP contribution is 2.24. The number of hydrogen-bond donors (Lipinski definition) is 1. The summed E-state index contributed by atoms with van der Waals surface area (Å²) >= 11 is 0. The predicted octanol–water partition coefficient (Wildman–Crippen LogP) is 2.73. The molecule has 1 saturated heterocycles. The molecule has 0 saturated carbocycles. The largest absolute Gasteiger partial charge is 0.491 e. The second-order valence-electron chi connectivity index (χ2n) is 6.09. The Bertz CT molecular complexity index is 716. The number of nitro groups is 1. The third kappa shape index (κ3) is 4.26. The van der Waals surface area contributed by atoms with Crippen LogP contribution in [0, 0.1) is 10.1 Å².